The number of anilines is 2. The zero-order valence-corrected chi connectivity index (χ0v) is 23.7. The zero-order valence-electron chi connectivity index (χ0n) is 22.9. The lowest BCUT2D eigenvalue weighted by molar-refractivity contribution is -0.140. The second-order valence-corrected chi connectivity index (χ2v) is 11.6. The number of fused-ring (bicyclic) bond motifs is 1. The van der Waals surface area contributed by atoms with Crippen LogP contribution in [0.25, 0.3) is 0 Å². The minimum Gasteiger partial charge on any atom is -0.476 e. The molecule has 2 heterocycles. The lowest BCUT2D eigenvalue weighted by atomic mass is 9.75. The maximum Gasteiger partial charge on any atom is 0.415 e. The fourth-order valence-corrected chi connectivity index (χ4v) is 5.19. The Hall–Kier alpha value is -4.02. The van der Waals surface area contributed by atoms with E-state index in [1.807, 2.05) is 6.19 Å². The second kappa shape index (κ2) is 11.2. The largest absolute Gasteiger partial charge is 0.476 e. The molecule has 0 aliphatic carbocycles. The predicted molar refractivity (Wildman–Crippen MR) is 147 cm³/mol. The van der Waals surface area contributed by atoms with Crippen molar-refractivity contribution in [3.05, 3.63) is 52.8 Å². The number of benzene rings is 2. The van der Waals surface area contributed by atoms with Crippen molar-refractivity contribution >= 4 is 35.0 Å². The normalized spacial score (nSPS) is 18.1. The molecule has 1 unspecified atom stereocenters. The molecule has 2 aromatic carbocycles. The number of piperidine rings is 1. The van der Waals surface area contributed by atoms with Crippen molar-refractivity contribution in [1.29, 1.82) is 10.5 Å². The van der Waals surface area contributed by atoms with Gasteiger partial charge in [-0.25, -0.2) is 9.18 Å². The third-order valence-electron chi connectivity index (χ3n) is 7.06. The van der Waals surface area contributed by atoms with Crippen LogP contribution >= 0.6 is 11.6 Å². The van der Waals surface area contributed by atoms with Crippen molar-refractivity contribution in [3.8, 4) is 18.0 Å². The van der Waals surface area contributed by atoms with Gasteiger partial charge in [-0.2, -0.15) is 10.5 Å². The third kappa shape index (κ3) is 6.24. The summed E-state index contributed by atoms with van der Waals surface area (Å²) in [5, 5.41) is 19.6. The maximum absolute atomic E-state index is 13.7. The summed E-state index contributed by atoms with van der Waals surface area (Å²) in [5.41, 5.74) is 0.0973. The van der Waals surface area contributed by atoms with Crippen LogP contribution in [0.15, 0.2) is 36.4 Å². The fraction of sp³-hybridized carbons (Fsp3) is 0.448. The molecule has 0 spiro atoms. The van der Waals surface area contributed by atoms with Gasteiger partial charge in [0.2, 0.25) is 0 Å². The topological polar surface area (TPSA) is 110 Å². The van der Waals surface area contributed by atoms with Crippen LogP contribution in [0.2, 0.25) is 5.02 Å². The SMILES string of the molecule is CN(C#N)c1cc2c(cc1Cl)N(C(=O)OC(C)(C)C)CC(C(=O)N1CCC(C#N)(Cc3ccc(F)cc3)CC1)O2. The van der Waals surface area contributed by atoms with Gasteiger partial charge in [0.25, 0.3) is 5.91 Å². The van der Waals surface area contributed by atoms with Crippen LogP contribution in [-0.2, 0) is 16.0 Å². The molecule has 2 aliphatic heterocycles. The molecule has 210 valence electrons. The van der Waals surface area contributed by atoms with Crippen LogP contribution < -0.4 is 14.5 Å². The van der Waals surface area contributed by atoms with Gasteiger partial charge in [-0.3, -0.25) is 14.6 Å². The van der Waals surface area contributed by atoms with Gasteiger partial charge in [-0.15, -0.1) is 0 Å². The van der Waals surface area contributed by atoms with Gasteiger partial charge in [-0.05, 0) is 63.8 Å². The van der Waals surface area contributed by atoms with Crippen LogP contribution in [0, 0.1) is 34.0 Å². The number of rotatable bonds is 4. The summed E-state index contributed by atoms with van der Waals surface area (Å²) < 4.78 is 25.0. The zero-order chi connectivity index (χ0) is 29.2. The van der Waals surface area contributed by atoms with Crippen molar-refractivity contribution in [2.45, 2.75) is 51.7 Å². The smallest absolute Gasteiger partial charge is 0.415 e. The highest BCUT2D eigenvalue weighted by Crippen LogP contribution is 2.42. The van der Waals surface area contributed by atoms with Crippen molar-refractivity contribution in [2.75, 3.05) is 36.5 Å². The number of carbonyl (C=O) groups excluding carboxylic acids is 2. The van der Waals surface area contributed by atoms with E-state index < -0.39 is 23.2 Å². The predicted octanol–water partition coefficient (Wildman–Crippen LogP) is 5.27. The number of carbonyl (C=O) groups is 2. The summed E-state index contributed by atoms with van der Waals surface area (Å²) in [6.07, 6.45) is 1.63. The van der Waals surface area contributed by atoms with E-state index >= 15 is 0 Å². The van der Waals surface area contributed by atoms with Gasteiger partial charge >= 0.3 is 6.09 Å². The molecule has 2 aromatic rings. The molecule has 1 atom stereocenters. The van der Waals surface area contributed by atoms with Gasteiger partial charge in [0, 0.05) is 26.2 Å². The number of amides is 2. The highest BCUT2D eigenvalue weighted by molar-refractivity contribution is 6.33. The van der Waals surface area contributed by atoms with Crippen molar-refractivity contribution < 1.29 is 23.5 Å². The number of ether oxygens (including phenoxy) is 2. The van der Waals surface area contributed by atoms with E-state index in [-0.39, 0.29) is 29.0 Å². The van der Waals surface area contributed by atoms with Crippen LogP contribution in [0.5, 0.6) is 5.75 Å². The van der Waals surface area contributed by atoms with E-state index in [1.54, 1.807) is 37.8 Å². The fourth-order valence-electron chi connectivity index (χ4n) is 4.90. The first-order valence-corrected chi connectivity index (χ1v) is 13.3. The van der Waals surface area contributed by atoms with Crippen LogP contribution in [0.4, 0.5) is 20.6 Å². The molecule has 0 N–H and O–H groups in total. The molecule has 0 radical (unpaired) electrons. The van der Waals surface area contributed by atoms with Gasteiger partial charge in [-0.1, -0.05) is 23.7 Å². The monoisotopic (exact) mass is 567 g/mol. The summed E-state index contributed by atoms with van der Waals surface area (Å²) in [7, 11) is 1.53. The lowest BCUT2D eigenvalue weighted by Gasteiger charge is -2.41. The Kier molecular flexibility index (Phi) is 8.13. The van der Waals surface area contributed by atoms with Gasteiger partial charge in [0.15, 0.2) is 12.3 Å². The first kappa shape index (κ1) is 29.0. The average Bonchev–Trinajstić information content (AvgIpc) is 2.92. The molecule has 1 saturated heterocycles. The van der Waals surface area contributed by atoms with Crippen LogP contribution in [-0.4, -0.2) is 55.3 Å². The average molecular weight is 568 g/mol. The molecule has 40 heavy (non-hydrogen) atoms. The summed E-state index contributed by atoms with van der Waals surface area (Å²) >= 11 is 6.42. The molecule has 2 amide bonds. The molecule has 11 heteroatoms. The van der Waals surface area contributed by atoms with Crippen molar-refractivity contribution in [2.24, 2.45) is 5.41 Å². The maximum atomic E-state index is 13.7. The first-order chi connectivity index (χ1) is 18.8. The summed E-state index contributed by atoms with van der Waals surface area (Å²) in [4.78, 5) is 31.1. The molecule has 0 bridgehead atoms. The van der Waals surface area contributed by atoms with E-state index in [4.69, 9.17) is 21.1 Å². The van der Waals surface area contributed by atoms with Crippen LogP contribution in [0.1, 0.15) is 39.2 Å². The second-order valence-electron chi connectivity index (χ2n) is 11.1. The van der Waals surface area contributed by atoms with Crippen molar-refractivity contribution in [1.82, 2.24) is 4.90 Å². The Morgan fingerprint density at radius 1 is 1.20 bits per heavy atom. The highest BCUT2D eigenvalue weighted by Gasteiger charge is 2.42. The minimum absolute atomic E-state index is 0.0972. The summed E-state index contributed by atoms with van der Waals surface area (Å²) in [6.45, 7) is 5.79. The first-order valence-electron chi connectivity index (χ1n) is 12.9. The molecule has 0 aromatic heterocycles. The van der Waals surface area contributed by atoms with E-state index in [9.17, 15) is 24.5 Å². The standard InChI is InChI=1S/C29H31ClFN5O4/c1-28(2,3)40-27(38)36-16-25(39-24-14-22(34(4)18-33)21(30)13-23(24)36)26(37)35-11-9-29(17-32,10-12-35)15-19-5-7-20(31)8-6-19/h5-8,13-14,25H,9-12,15-16H2,1-4H3. The number of hydrogen-bond acceptors (Lipinski definition) is 7. The highest BCUT2D eigenvalue weighted by atomic mass is 35.5. The Morgan fingerprint density at radius 3 is 2.42 bits per heavy atom. The van der Waals surface area contributed by atoms with E-state index in [2.05, 4.69) is 6.07 Å². The van der Waals surface area contributed by atoms with Gasteiger partial charge in [0.05, 0.1) is 34.4 Å². The van der Waals surface area contributed by atoms with Crippen LogP contribution in [0.3, 0.4) is 0 Å². The third-order valence-corrected chi connectivity index (χ3v) is 7.37. The van der Waals surface area contributed by atoms with E-state index in [0.29, 0.717) is 43.7 Å². The lowest BCUT2D eigenvalue weighted by Crippen LogP contribution is -2.54. The number of nitriles is 2. The van der Waals surface area contributed by atoms with E-state index in [1.165, 1.54) is 41.1 Å². The van der Waals surface area contributed by atoms with Gasteiger partial charge in [0.1, 0.15) is 17.2 Å². The molecule has 4 rings (SSSR count). The molecular weight excluding hydrogens is 537 g/mol. The number of likely N-dealkylation sites (tertiary alicyclic amines) is 1. The molecule has 0 saturated carbocycles. The molecular formula is C29H31ClFN5O4. The number of hydrogen-bond donors (Lipinski definition) is 0. The molecule has 1 fully saturated rings. The summed E-state index contributed by atoms with van der Waals surface area (Å²) in [6, 6.07) is 11.6. The minimum atomic E-state index is -1.03. The Bertz CT molecular complexity index is 1370. The molecule has 2 aliphatic rings. The quantitative estimate of drug-likeness (QED) is 0.365. The van der Waals surface area contributed by atoms with Gasteiger partial charge < -0.3 is 14.4 Å². The Balaban J connectivity index is 1.55. The summed E-state index contributed by atoms with van der Waals surface area (Å²) in [5.74, 6) is -0.437. The Labute approximate surface area is 238 Å². The van der Waals surface area contributed by atoms with Crippen molar-refractivity contribution in [3.63, 3.8) is 0 Å². The Morgan fingerprint density at radius 2 is 1.85 bits per heavy atom. The van der Waals surface area contributed by atoms with E-state index in [0.717, 1.165) is 5.56 Å². The number of halogens is 2. The number of nitrogens with zero attached hydrogens (tertiary/aromatic N) is 5. The molecule has 9 nitrogen and oxygen atoms in total.